The van der Waals surface area contributed by atoms with Gasteiger partial charge in [0.25, 0.3) is 12.3 Å². The molecule has 5 rings (SSSR count). The third kappa shape index (κ3) is 6.67. The van der Waals surface area contributed by atoms with Gasteiger partial charge in [0.05, 0.1) is 25.0 Å². The zero-order chi connectivity index (χ0) is 28.2. The Morgan fingerprint density at radius 1 is 1.18 bits per heavy atom. The number of piperidine rings is 1. The third-order valence-electron chi connectivity index (χ3n) is 6.99. The van der Waals surface area contributed by atoms with E-state index in [0.717, 1.165) is 38.8 Å². The fourth-order valence-electron chi connectivity index (χ4n) is 4.58. The van der Waals surface area contributed by atoms with E-state index in [1.807, 2.05) is 6.92 Å². The van der Waals surface area contributed by atoms with Crippen LogP contribution in [0.2, 0.25) is 0 Å². The van der Waals surface area contributed by atoms with Gasteiger partial charge < -0.3 is 15.0 Å². The zero-order valence-corrected chi connectivity index (χ0v) is 23.4. The van der Waals surface area contributed by atoms with Gasteiger partial charge in [0, 0.05) is 23.0 Å². The van der Waals surface area contributed by atoms with Crippen molar-refractivity contribution >= 4 is 27.9 Å². The number of aromatic nitrogens is 3. The number of nitrogens with zero attached hydrogens (tertiary/aromatic N) is 4. The van der Waals surface area contributed by atoms with E-state index in [0.29, 0.717) is 38.5 Å². The molecule has 1 saturated carbocycles. The number of rotatable bonds is 5. The van der Waals surface area contributed by atoms with Gasteiger partial charge >= 0.3 is 0 Å². The largest absolute Gasteiger partial charge is 0.494 e. The molecule has 0 radical (unpaired) electrons. The van der Waals surface area contributed by atoms with Gasteiger partial charge in [-0.25, -0.2) is 8.78 Å². The molecule has 1 amide bonds. The molecule has 1 aliphatic carbocycles. The Hall–Kier alpha value is -3.80. The number of nitrogens with one attached hydrogen (secondary N) is 2. The number of amides is 1. The van der Waals surface area contributed by atoms with Crippen LogP contribution in [0.15, 0.2) is 29.6 Å². The number of pyridine rings is 1. The second-order valence-electron chi connectivity index (χ2n) is 10.1. The summed E-state index contributed by atoms with van der Waals surface area (Å²) in [7, 11) is 3.53. The molecule has 208 valence electrons. The molecule has 40 heavy (non-hydrogen) atoms. The SMILES string of the molecule is COc1cnc(C(F)F)cc1C1=C(C(=O)Nc2nnc(C#CC3CC3)s2)C(C)NC(C#CC2CCN(C)CC2)=C1. The highest BCUT2D eigenvalue weighted by Crippen LogP contribution is 2.36. The van der Waals surface area contributed by atoms with E-state index in [4.69, 9.17) is 4.74 Å². The minimum absolute atomic E-state index is 0.266. The zero-order valence-electron chi connectivity index (χ0n) is 22.6. The summed E-state index contributed by atoms with van der Waals surface area (Å²) in [6, 6.07) is 0.774. The first-order chi connectivity index (χ1) is 19.3. The molecule has 0 spiro atoms. The second kappa shape index (κ2) is 12.2. The topological polar surface area (TPSA) is 92.3 Å². The van der Waals surface area contributed by atoms with Crippen LogP contribution in [0.5, 0.6) is 5.75 Å². The lowest BCUT2D eigenvalue weighted by Crippen LogP contribution is -2.36. The lowest BCUT2D eigenvalue weighted by Gasteiger charge is -2.27. The number of halogens is 2. The summed E-state index contributed by atoms with van der Waals surface area (Å²) in [5, 5.41) is 15.1. The molecule has 1 saturated heterocycles. The molecule has 1 unspecified atom stereocenters. The lowest BCUT2D eigenvalue weighted by molar-refractivity contribution is -0.113. The van der Waals surface area contributed by atoms with E-state index < -0.39 is 24.1 Å². The Kier molecular flexibility index (Phi) is 8.43. The molecule has 11 heteroatoms. The summed E-state index contributed by atoms with van der Waals surface area (Å²) < 4.78 is 32.8. The predicted octanol–water partition coefficient (Wildman–Crippen LogP) is 4.25. The fraction of sp³-hybridized carbons (Fsp3) is 0.448. The molecule has 0 bridgehead atoms. The van der Waals surface area contributed by atoms with Crippen molar-refractivity contribution < 1.29 is 18.3 Å². The number of dihydropyridines is 1. The molecule has 2 aromatic heterocycles. The highest BCUT2D eigenvalue weighted by molar-refractivity contribution is 7.15. The van der Waals surface area contributed by atoms with Gasteiger partial charge in [-0.05, 0) is 82.3 Å². The van der Waals surface area contributed by atoms with Gasteiger partial charge in [0.2, 0.25) is 5.13 Å². The molecule has 0 aromatic carbocycles. The maximum atomic E-state index is 13.6. The quantitative estimate of drug-likeness (QED) is 0.525. The number of likely N-dealkylation sites (tertiary alicyclic amines) is 1. The van der Waals surface area contributed by atoms with E-state index in [1.165, 1.54) is 30.7 Å². The van der Waals surface area contributed by atoms with Crippen LogP contribution < -0.4 is 15.4 Å². The van der Waals surface area contributed by atoms with Crippen LogP contribution in [0.1, 0.15) is 55.3 Å². The van der Waals surface area contributed by atoms with Crippen LogP contribution >= 0.6 is 11.3 Å². The van der Waals surface area contributed by atoms with Crippen molar-refractivity contribution in [2.75, 3.05) is 32.6 Å². The number of ether oxygens (including phenoxy) is 1. The van der Waals surface area contributed by atoms with E-state index in [2.05, 4.69) is 61.4 Å². The van der Waals surface area contributed by atoms with E-state index in [9.17, 15) is 13.6 Å². The first-order valence-corrected chi connectivity index (χ1v) is 14.0. The monoisotopic (exact) mass is 564 g/mol. The van der Waals surface area contributed by atoms with Gasteiger partial charge in [-0.15, -0.1) is 10.2 Å². The first kappa shape index (κ1) is 27.8. The van der Waals surface area contributed by atoms with Crippen LogP contribution in [0.3, 0.4) is 0 Å². The van der Waals surface area contributed by atoms with Crippen molar-refractivity contribution in [3.8, 4) is 29.4 Å². The van der Waals surface area contributed by atoms with Crippen LogP contribution in [0.25, 0.3) is 5.57 Å². The number of alkyl halides is 2. The Morgan fingerprint density at radius 2 is 1.90 bits per heavy atom. The Balaban J connectivity index is 1.51. The van der Waals surface area contributed by atoms with Gasteiger partial charge in [-0.3, -0.25) is 15.1 Å². The number of allylic oxidation sites excluding steroid dienone is 3. The van der Waals surface area contributed by atoms with E-state index in [-0.39, 0.29) is 11.7 Å². The smallest absolute Gasteiger partial charge is 0.280 e. The molecule has 2 aliphatic heterocycles. The van der Waals surface area contributed by atoms with Crippen molar-refractivity contribution in [2.45, 2.75) is 45.1 Å². The molecule has 8 nitrogen and oxygen atoms in total. The van der Waals surface area contributed by atoms with E-state index in [1.54, 1.807) is 6.08 Å². The van der Waals surface area contributed by atoms with Gasteiger partial charge in [-0.2, -0.15) is 0 Å². The molecular weight excluding hydrogens is 534 g/mol. The van der Waals surface area contributed by atoms with Gasteiger partial charge in [-0.1, -0.05) is 23.2 Å². The van der Waals surface area contributed by atoms with Gasteiger partial charge in [0.1, 0.15) is 11.4 Å². The van der Waals surface area contributed by atoms with Crippen molar-refractivity contribution in [3.05, 3.63) is 45.9 Å². The van der Waals surface area contributed by atoms with Crippen molar-refractivity contribution in [1.82, 2.24) is 25.4 Å². The van der Waals surface area contributed by atoms with Crippen molar-refractivity contribution in [3.63, 3.8) is 0 Å². The summed E-state index contributed by atoms with van der Waals surface area (Å²) in [6.45, 7) is 3.80. The fourth-order valence-corrected chi connectivity index (χ4v) is 5.18. The average molecular weight is 565 g/mol. The average Bonchev–Trinajstić information content (AvgIpc) is 3.68. The normalized spacial score (nSPS) is 19.6. The number of carbonyl (C=O) groups excluding carboxylic acids is 1. The highest BCUT2D eigenvalue weighted by Gasteiger charge is 2.29. The molecule has 2 fully saturated rings. The number of methoxy groups -OCH3 is 1. The minimum atomic E-state index is -2.79. The Bertz CT molecular complexity index is 1470. The number of hydrogen-bond acceptors (Lipinski definition) is 8. The summed E-state index contributed by atoms with van der Waals surface area (Å²) in [5.74, 6) is 13.2. The van der Waals surface area contributed by atoms with Crippen LogP contribution in [-0.2, 0) is 4.79 Å². The second-order valence-corrected chi connectivity index (χ2v) is 11.1. The minimum Gasteiger partial charge on any atom is -0.494 e. The molecule has 1 atom stereocenters. The maximum Gasteiger partial charge on any atom is 0.280 e. The standard InChI is InChI=1S/C29H30F2N6O2S/c1-17-26(28(38)34-29-36-35-25(40-29)9-7-18-4-5-18)22(21-15-23(27(30)31)32-16-24(21)39-3)14-20(33-17)8-6-19-10-12-37(2)13-11-19/h14-19,27,33H,4-5,10-13H2,1-3H3,(H,34,36,38). The number of carbonyl (C=O) groups is 1. The summed E-state index contributed by atoms with van der Waals surface area (Å²) in [4.78, 5) is 19.7. The number of hydrogen-bond donors (Lipinski definition) is 2. The lowest BCUT2D eigenvalue weighted by atomic mass is 9.90. The first-order valence-electron chi connectivity index (χ1n) is 13.2. The summed E-state index contributed by atoms with van der Waals surface area (Å²) in [5.41, 5.74) is 1.28. The molecule has 3 aliphatic rings. The molecule has 2 N–H and O–H groups in total. The molecular formula is C29H30F2N6O2S. The summed E-state index contributed by atoms with van der Waals surface area (Å²) in [6.07, 6.45) is 4.34. The van der Waals surface area contributed by atoms with Crippen LogP contribution in [0.4, 0.5) is 13.9 Å². The Labute approximate surface area is 236 Å². The molecule has 4 heterocycles. The van der Waals surface area contributed by atoms with Crippen LogP contribution in [-0.4, -0.2) is 59.3 Å². The Morgan fingerprint density at radius 3 is 2.60 bits per heavy atom. The van der Waals surface area contributed by atoms with Crippen molar-refractivity contribution in [1.29, 1.82) is 0 Å². The van der Waals surface area contributed by atoms with E-state index >= 15 is 0 Å². The predicted molar refractivity (Wildman–Crippen MR) is 149 cm³/mol. The van der Waals surface area contributed by atoms with Crippen LogP contribution in [0, 0.1) is 35.5 Å². The maximum absolute atomic E-state index is 13.6. The van der Waals surface area contributed by atoms with Crippen molar-refractivity contribution in [2.24, 2.45) is 11.8 Å². The number of anilines is 1. The van der Waals surface area contributed by atoms with Gasteiger partial charge in [0.15, 0.2) is 5.01 Å². The molecule has 2 aromatic rings. The summed E-state index contributed by atoms with van der Waals surface area (Å²) >= 11 is 1.19. The third-order valence-corrected chi connectivity index (χ3v) is 7.74. The highest BCUT2D eigenvalue weighted by atomic mass is 32.1.